The van der Waals surface area contributed by atoms with Crippen molar-refractivity contribution < 1.29 is 0 Å². The van der Waals surface area contributed by atoms with E-state index in [-0.39, 0.29) is 16.2 Å². The molecule has 0 N–H and O–H groups in total. The van der Waals surface area contributed by atoms with Crippen LogP contribution in [0, 0.1) is 0 Å². The first kappa shape index (κ1) is 42.3. The third-order valence-corrected chi connectivity index (χ3v) is 16.8. The monoisotopic (exact) mass is 896 g/mol. The van der Waals surface area contributed by atoms with Crippen molar-refractivity contribution in [3.8, 4) is 66.8 Å². The fourth-order valence-corrected chi connectivity index (χ4v) is 13.3. The average Bonchev–Trinajstić information content (AvgIpc) is 3.85. The van der Waals surface area contributed by atoms with Crippen LogP contribution < -0.4 is 0 Å². The van der Waals surface area contributed by atoms with E-state index < -0.39 is 0 Å². The minimum Gasteiger partial charge on any atom is -0.0987 e. The topological polar surface area (TPSA) is 0 Å². The third kappa shape index (κ3) is 5.83. The Morgan fingerprint density at radius 2 is 0.843 bits per heavy atom. The fraction of sp³-hybridized carbons (Fsp3) is 0.143. The second-order valence-corrected chi connectivity index (χ2v) is 21.5. The molecule has 0 spiro atoms. The first-order chi connectivity index (χ1) is 33.9. The van der Waals surface area contributed by atoms with E-state index in [2.05, 4.69) is 255 Å². The Hall–Kier alpha value is -7.80. The Balaban J connectivity index is 1.16. The maximum absolute atomic E-state index is 4.34. The average molecular weight is 897 g/mol. The number of benzene rings is 10. The number of rotatable bonds is 6. The number of fused-ring (bicyclic) bond motifs is 10. The molecule has 0 saturated heterocycles. The lowest BCUT2D eigenvalue weighted by Gasteiger charge is -2.26. The summed E-state index contributed by atoms with van der Waals surface area (Å²) in [6, 6.07) is 69.7. The van der Waals surface area contributed by atoms with Gasteiger partial charge in [-0.2, -0.15) is 0 Å². The highest BCUT2D eigenvalue weighted by Gasteiger charge is 2.39. The van der Waals surface area contributed by atoms with Gasteiger partial charge in [0.15, 0.2) is 0 Å². The van der Waals surface area contributed by atoms with Crippen LogP contribution in [0.25, 0.3) is 105 Å². The van der Waals surface area contributed by atoms with Gasteiger partial charge in [0, 0.05) is 16.2 Å². The zero-order chi connectivity index (χ0) is 47.8. The van der Waals surface area contributed by atoms with Crippen molar-refractivity contribution in [1.29, 1.82) is 0 Å². The number of hydrogen-bond acceptors (Lipinski definition) is 0. The summed E-state index contributed by atoms with van der Waals surface area (Å²) in [5, 5.41) is 7.59. The van der Waals surface area contributed by atoms with Gasteiger partial charge in [-0.05, 0) is 181 Å². The van der Waals surface area contributed by atoms with E-state index in [9.17, 15) is 0 Å². The van der Waals surface area contributed by atoms with E-state index in [0.717, 1.165) is 0 Å². The second-order valence-electron chi connectivity index (χ2n) is 21.5. The molecular formula is C70H56. The van der Waals surface area contributed by atoms with Gasteiger partial charge < -0.3 is 0 Å². The Bertz CT molecular complexity index is 3980. The zero-order valence-electron chi connectivity index (χ0n) is 41.3. The summed E-state index contributed by atoms with van der Waals surface area (Å²) in [5.74, 6) is 0. The summed E-state index contributed by atoms with van der Waals surface area (Å²) in [7, 11) is 0. The molecule has 0 aromatic heterocycles. The van der Waals surface area contributed by atoms with Crippen molar-refractivity contribution in [2.45, 2.75) is 64.7 Å². The molecule has 0 amide bonds. The van der Waals surface area contributed by atoms with E-state index in [0.29, 0.717) is 0 Å². The molecule has 3 aliphatic rings. The molecule has 70 heavy (non-hydrogen) atoms. The van der Waals surface area contributed by atoms with Crippen LogP contribution in [0.15, 0.2) is 212 Å². The van der Waals surface area contributed by atoms with Gasteiger partial charge in [0.05, 0.1) is 0 Å². The highest BCUT2D eigenvalue weighted by atomic mass is 14.4. The Kier molecular flexibility index (Phi) is 9.13. The summed E-state index contributed by atoms with van der Waals surface area (Å²) >= 11 is 0. The molecule has 0 heteroatoms. The summed E-state index contributed by atoms with van der Waals surface area (Å²) < 4.78 is 0. The minimum absolute atomic E-state index is 0.151. The van der Waals surface area contributed by atoms with Gasteiger partial charge in [0.25, 0.3) is 0 Å². The standard InChI is InChI=1S/C70H56/c1-9-20-50-53-34-32-44(38-63(53)68(3,4)60(50)10-2)66-55-36-31-43(47-24-13-14-25-48(47)49-28-19-22-42-21-11-12-23-46(42)49)37-57(55)67(45-33-35-54-51-26-15-17-29-61(51)69(5,6)64(54)39-45)59-41-65-56(40-58(59)66)52-27-16-18-30-62(52)70(65,7)8/h9-41H,2H2,1,3-8H3/b20-9-. The van der Waals surface area contributed by atoms with Crippen molar-refractivity contribution in [1.82, 2.24) is 0 Å². The largest absolute Gasteiger partial charge is 0.0987 e. The van der Waals surface area contributed by atoms with Crippen molar-refractivity contribution in [3.05, 3.63) is 246 Å². The lowest BCUT2D eigenvalue weighted by Crippen LogP contribution is -2.16. The highest BCUT2D eigenvalue weighted by molar-refractivity contribution is 6.23. The molecule has 0 atom stereocenters. The van der Waals surface area contributed by atoms with Gasteiger partial charge in [0.2, 0.25) is 0 Å². The van der Waals surface area contributed by atoms with Crippen molar-refractivity contribution in [2.24, 2.45) is 0 Å². The van der Waals surface area contributed by atoms with Crippen molar-refractivity contribution in [3.63, 3.8) is 0 Å². The van der Waals surface area contributed by atoms with E-state index >= 15 is 0 Å². The van der Waals surface area contributed by atoms with Crippen LogP contribution in [0.1, 0.15) is 81.8 Å². The lowest BCUT2D eigenvalue weighted by atomic mass is 9.77. The van der Waals surface area contributed by atoms with Gasteiger partial charge in [-0.25, -0.2) is 0 Å². The molecule has 0 unspecified atom stereocenters. The van der Waals surface area contributed by atoms with Gasteiger partial charge in [-0.1, -0.05) is 218 Å². The minimum atomic E-state index is -0.217. The maximum atomic E-state index is 4.34. The predicted molar refractivity (Wildman–Crippen MR) is 301 cm³/mol. The van der Waals surface area contributed by atoms with E-state index in [1.807, 2.05) is 0 Å². The Morgan fingerprint density at radius 3 is 1.54 bits per heavy atom. The molecule has 13 rings (SSSR count). The van der Waals surface area contributed by atoms with Crippen LogP contribution in [-0.4, -0.2) is 0 Å². The van der Waals surface area contributed by atoms with E-state index in [1.165, 1.54) is 144 Å². The summed E-state index contributed by atoms with van der Waals surface area (Å²) in [5.41, 5.74) is 25.5. The van der Waals surface area contributed by atoms with Crippen LogP contribution in [0.5, 0.6) is 0 Å². The first-order valence-electron chi connectivity index (χ1n) is 25.1. The molecule has 10 aromatic carbocycles. The third-order valence-electron chi connectivity index (χ3n) is 16.8. The van der Waals surface area contributed by atoms with Gasteiger partial charge in [-0.15, -0.1) is 0 Å². The number of allylic oxidation sites excluding steroid dienone is 5. The molecule has 336 valence electrons. The molecular weight excluding hydrogens is 841 g/mol. The fourth-order valence-electron chi connectivity index (χ4n) is 13.3. The van der Waals surface area contributed by atoms with E-state index in [1.54, 1.807) is 0 Å². The molecule has 3 aliphatic carbocycles. The van der Waals surface area contributed by atoms with Crippen LogP contribution >= 0.6 is 0 Å². The molecule has 10 aromatic rings. The first-order valence-corrected chi connectivity index (χ1v) is 25.1. The van der Waals surface area contributed by atoms with Gasteiger partial charge in [-0.3, -0.25) is 0 Å². The molecule has 0 saturated carbocycles. The quantitative estimate of drug-likeness (QED) is 0.146. The maximum Gasteiger partial charge on any atom is 0.0159 e. The van der Waals surface area contributed by atoms with Gasteiger partial charge >= 0.3 is 0 Å². The summed E-state index contributed by atoms with van der Waals surface area (Å²) in [4.78, 5) is 0. The van der Waals surface area contributed by atoms with E-state index in [4.69, 9.17) is 0 Å². The van der Waals surface area contributed by atoms with Crippen LogP contribution in [-0.2, 0) is 16.2 Å². The van der Waals surface area contributed by atoms with Crippen molar-refractivity contribution >= 4 is 37.9 Å². The zero-order valence-corrected chi connectivity index (χ0v) is 41.3. The molecule has 0 radical (unpaired) electrons. The molecule has 0 nitrogen and oxygen atoms in total. The Labute approximate surface area is 413 Å². The highest BCUT2D eigenvalue weighted by Crippen LogP contribution is 2.56. The SMILES string of the molecule is C=CC1=C(/C=C\C)c2ccc(-c3c4ccc(-c5ccccc5-c5cccc6ccccc56)cc4c(-c4ccc5c(c4)C(C)(C)c4ccccc4-5)c4cc5c(cc34)-c3ccccc3C5(C)C)cc2C1(C)C. The molecule has 0 heterocycles. The van der Waals surface area contributed by atoms with Crippen LogP contribution in [0.4, 0.5) is 0 Å². The predicted octanol–water partition coefficient (Wildman–Crippen LogP) is 19.2. The van der Waals surface area contributed by atoms with Gasteiger partial charge in [0.1, 0.15) is 0 Å². The smallest absolute Gasteiger partial charge is 0.0159 e. The summed E-state index contributed by atoms with van der Waals surface area (Å²) in [6.07, 6.45) is 6.50. The van der Waals surface area contributed by atoms with Crippen molar-refractivity contribution in [2.75, 3.05) is 0 Å². The second kappa shape index (κ2) is 15.1. The molecule has 0 aliphatic heterocycles. The normalized spacial score (nSPS) is 15.6. The Morgan fingerprint density at radius 1 is 0.343 bits per heavy atom. The lowest BCUT2D eigenvalue weighted by molar-refractivity contribution is 0.655. The van der Waals surface area contributed by atoms with Crippen LogP contribution in [0.3, 0.4) is 0 Å². The molecule has 0 fully saturated rings. The molecule has 0 bridgehead atoms. The summed E-state index contributed by atoms with van der Waals surface area (Å²) in [6.45, 7) is 20.8. The van der Waals surface area contributed by atoms with Crippen LogP contribution in [0.2, 0.25) is 0 Å². The number of hydrogen-bond donors (Lipinski definition) is 0.